The summed E-state index contributed by atoms with van der Waals surface area (Å²) >= 11 is 7.62. The van der Waals surface area contributed by atoms with Gasteiger partial charge in [-0.25, -0.2) is 0 Å². The van der Waals surface area contributed by atoms with Crippen LogP contribution in [0.2, 0.25) is 5.02 Å². The first-order chi connectivity index (χ1) is 18.6. The topological polar surface area (TPSA) is 67.4 Å². The van der Waals surface area contributed by atoms with Crippen LogP contribution in [0.15, 0.2) is 88.6 Å². The van der Waals surface area contributed by atoms with Gasteiger partial charge in [0, 0.05) is 42.3 Å². The highest BCUT2D eigenvalue weighted by Crippen LogP contribution is 2.32. The van der Waals surface area contributed by atoms with Crippen LogP contribution in [-0.4, -0.2) is 57.5 Å². The largest absolute Gasteiger partial charge is 0.461 e. The van der Waals surface area contributed by atoms with Crippen LogP contribution in [0.5, 0.6) is 0 Å². The van der Waals surface area contributed by atoms with Crippen molar-refractivity contribution in [2.75, 3.05) is 36.8 Å². The van der Waals surface area contributed by atoms with Gasteiger partial charge in [0.15, 0.2) is 10.9 Å². The second kappa shape index (κ2) is 10.6. The van der Waals surface area contributed by atoms with E-state index in [-0.39, 0.29) is 11.7 Å². The lowest BCUT2D eigenvalue weighted by molar-refractivity contribution is -0.128. The summed E-state index contributed by atoms with van der Waals surface area (Å²) in [5.41, 5.74) is 3.26. The van der Waals surface area contributed by atoms with Crippen molar-refractivity contribution in [3.05, 3.63) is 89.6 Å². The van der Waals surface area contributed by atoms with Crippen molar-refractivity contribution in [1.82, 2.24) is 19.7 Å². The number of aryl methyl sites for hydroxylation is 1. The molecule has 0 aliphatic carbocycles. The van der Waals surface area contributed by atoms with Crippen molar-refractivity contribution < 1.29 is 9.21 Å². The monoisotopic (exact) mass is 543 g/mol. The van der Waals surface area contributed by atoms with Crippen LogP contribution in [0, 0.1) is 6.92 Å². The van der Waals surface area contributed by atoms with Gasteiger partial charge < -0.3 is 14.2 Å². The third kappa shape index (κ3) is 4.77. The van der Waals surface area contributed by atoms with E-state index < -0.39 is 0 Å². The number of benzene rings is 3. The summed E-state index contributed by atoms with van der Waals surface area (Å²) in [5.74, 6) is 1.59. The summed E-state index contributed by atoms with van der Waals surface area (Å²) in [6.45, 7) is 4.96. The smallest absolute Gasteiger partial charge is 0.233 e. The molecule has 38 heavy (non-hydrogen) atoms. The first-order valence-electron chi connectivity index (χ1n) is 12.5. The Labute approximate surface area is 230 Å². The minimum atomic E-state index is 0.0875. The van der Waals surface area contributed by atoms with E-state index >= 15 is 0 Å². The molecular weight excluding hydrogens is 518 g/mol. The molecule has 9 heteroatoms. The van der Waals surface area contributed by atoms with Gasteiger partial charge in [0.05, 0.1) is 17.7 Å². The Kier molecular flexibility index (Phi) is 6.82. The van der Waals surface area contributed by atoms with E-state index in [0.29, 0.717) is 29.8 Å². The fourth-order valence-corrected chi connectivity index (χ4v) is 5.90. The van der Waals surface area contributed by atoms with E-state index in [1.165, 1.54) is 17.3 Å². The van der Waals surface area contributed by atoms with Crippen LogP contribution in [0.4, 0.5) is 5.69 Å². The SMILES string of the molecule is Cc1ccc(Cl)cc1N1CCN(C(=O)CSc2nnc(-c3ccco3)n2-c2cccc3ccccc23)CC1. The van der Waals surface area contributed by atoms with Gasteiger partial charge in [-0.15, -0.1) is 10.2 Å². The molecular formula is C29H26ClN5O2S. The van der Waals surface area contributed by atoms with Crippen molar-refractivity contribution in [3.8, 4) is 17.3 Å². The highest BCUT2D eigenvalue weighted by Gasteiger charge is 2.25. The minimum absolute atomic E-state index is 0.0875. The molecule has 1 amide bonds. The number of piperazine rings is 1. The van der Waals surface area contributed by atoms with Gasteiger partial charge in [-0.2, -0.15) is 0 Å². The molecule has 0 unspecified atom stereocenters. The van der Waals surface area contributed by atoms with Gasteiger partial charge in [-0.3, -0.25) is 9.36 Å². The van der Waals surface area contributed by atoms with Gasteiger partial charge in [-0.1, -0.05) is 65.8 Å². The minimum Gasteiger partial charge on any atom is -0.461 e. The summed E-state index contributed by atoms with van der Waals surface area (Å²) in [7, 11) is 0. The van der Waals surface area contributed by atoms with Crippen LogP contribution in [0.25, 0.3) is 28.0 Å². The molecule has 1 fully saturated rings. The molecule has 1 aliphatic rings. The number of aromatic nitrogens is 3. The number of hydrogen-bond acceptors (Lipinski definition) is 6. The molecule has 0 bridgehead atoms. The van der Waals surface area contributed by atoms with Crippen LogP contribution >= 0.6 is 23.4 Å². The number of carbonyl (C=O) groups excluding carboxylic acids is 1. The lowest BCUT2D eigenvalue weighted by Gasteiger charge is -2.36. The normalized spacial score (nSPS) is 13.8. The molecule has 6 rings (SSSR count). The van der Waals surface area contributed by atoms with Gasteiger partial charge >= 0.3 is 0 Å². The number of halogens is 1. The predicted octanol–water partition coefficient (Wildman–Crippen LogP) is 6.08. The third-order valence-corrected chi connectivity index (χ3v) is 8.00. The lowest BCUT2D eigenvalue weighted by atomic mass is 10.1. The summed E-state index contributed by atoms with van der Waals surface area (Å²) in [4.78, 5) is 17.4. The Bertz CT molecular complexity index is 1590. The van der Waals surface area contributed by atoms with Crippen molar-refractivity contribution in [2.24, 2.45) is 0 Å². The lowest BCUT2D eigenvalue weighted by Crippen LogP contribution is -2.49. The highest BCUT2D eigenvalue weighted by atomic mass is 35.5. The number of carbonyl (C=O) groups is 1. The number of thioether (sulfide) groups is 1. The fourth-order valence-electron chi connectivity index (χ4n) is 4.89. The molecule has 1 aliphatic heterocycles. The molecule has 0 radical (unpaired) electrons. The zero-order valence-electron chi connectivity index (χ0n) is 20.9. The first-order valence-corrected chi connectivity index (χ1v) is 13.8. The van der Waals surface area contributed by atoms with Crippen LogP contribution in [0.1, 0.15) is 5.56 Å². The van der Waals surface area contributed by atoms with E-state index in [4.69, 9.17) is 16.0 Å². The molecule has 2 aromatic heterocycles. The average molecular weight is 544 g/mol. The first kappa shape index (κ1) is 24.6. The molecule has 0 spiro atoms. The number of amides is 1. The second-order valence-electron chi connectivity index (χ2n) is 9.20. The fraction of sp³-hybridized carbons (Fsp3) is 0.207. The molecule has 0 N–H and O–H groups in total. The number of hydrogen-bond donors (Lipinski definition) is 0. The number of furan rings is 1. The molecule has 3 aromatic carbocycles. The van der Waals surface area contributed by atoms with E-state index in [0.717, 1.165) is 40.3 Å². The molecule has 1 saturated heterocycles. The van der Waals surface area contributed by atoms with E-state index in [1.54, 1.807) is 6.26 Å². The van der Waals surface area contributed by atoms with Crippen molar-refractivity contribution in [1.29, 1.82) is 0 Å². The Hall–Kier alpha value is -3.75. The zero-order valence-corrected chi connectivity index (χ0v) is 22.5. The zero-order chi connectivity index (χ0) is 26.1. The number of nitrogens with zero attached hydrogens (tertiary/aromatic N) is 5. The average Bonchev–Trinajstić information content (AvgIpc) is 3.63. The van der Waals surface area contributed by atoms with E-state index in [9.17, 15) is 4.79 Å². The maximum absolute atomic E-state index is 13.2. The summed E-state index contributed by atoms with van der Waals surface area (Å²) in [6.07, 6.45) is 1.62. The Morgan fingerprint density at radius 3 is 2.58 bits per heavy atom. The molecule has 192 valence electrons. The number of rotatable bonds is 6. The summed E-state index contributed by atoms with van der Waals surface area (Å²) in [6, 6.07) is 24.0. The van der Waals surface area contributed by atoms with Gasteiger partial charge in [0.25, 0.3) is 0 Å². The van der Waals surface area contributed by atoms with Gasteiger partial charge in [0.2, 0.25) is 11.7 Å². The van der Waals surface area contributed by atoms with Gasteiger partial charge in [-0.05, 0) is 48.2 Å². The standard InChI is InChI=1S/C29H26ClN5O2S/c1-20-11-12-22(30)18-25(20)33-13-15-34(16-14-33)27(36)19-38-29-32-31-28(26-10-5-17-37-26)35(29)24-9-4-7-21-6-2-3-8-23(21)24/h2-12,17-18H,13-16,19H2,1H3. The highest BCUT2D eigenvalue weighted by molar-refractivity contribution is 7.99. The van der Waals surface area contributed by atoms with Crippen LogP contribution in [-0.2, 0) is 4.79 Å². The summed E-state index contributed by atoms with van der Waals surface area (Å²) in [5, 5.41) is 12.5. The molecule has 3 heterocycles. The molecule has 7 nitrogen and oxygen atoms in total. The Balaban J connectivity index is 1.21. The maximum Gasteiger partial charge on any atom is 0.233 e. The maximum atomic E-state index is 13.2. The van der Waals surface area contributed by atoms with E-state index in [2.05, 4.69) is 40.2 Å². The van der Waals surface area contributed by atoms with Crippen molar-refractivity contribution in [3.63, 3.8) is 0 Å². The van der Waals surface area contributed by atoms with Crippen molar-refractivity contribution >= 4 is 45.7 Å². The molecule has 0 atom stereocenters. The molecule has 5 aromatic rings. The predicted molar refractivity (Wildman–Crippen MR) is 152 cm³/mol. The van der Waals surface area contributed by atoms with Crippen molar-refractivity contribution in [2.45, 2.75) is 12.1 Å². The second-order valence-corrected chi connectivity index (χ2v) is 10.6. The van der Waals surface area contributed by atoms with Crippen LogP contribution in [0.3, 0.4) is 0 Å². The Morgan fingerprint density at radius 2 is 1.76 bits per heavy atom. The quantitative estimate of drug-likeness (QED) is 0.242. The number of fused-ring (bicyclic) bond motifs is 1. The number of anilines is 1. The van der Waals surface area contributed by atoms with Crippen LogP contribution < -0.4 is 4.90 Å². The third-order valence-electron chi connectivity index (χ3n) is 6.85. The Morgan fingerprint density at radius 1 is 0.947 bits per heavy atom. The molecule has 0 saturated carbocycles. The summed E-state index contributed by atoms with van der Waals surface area (Å²) < 4.78 is 7.65. The van der Waals surface area contributed by atoms with E-state index in [1.807, 2.05) is 64.1 Å². The van der Waals surface area contributed by atoms with Gasteiger partial charge in [0.1, 0.15) is 0 Å².